The highest BCUT2D eigenvalue weighted by Gasteiger charge is 2.23. The van der Waals surface area contributed by atoms with Crippen LogP contribution >= 0.6 is 12.4 Å². The number of piperazine rings is 2. The maximum atomic E-state index is 12.6. The van der Waals surface area contributed by atoms with E-state index in [1.54, 1.807) is 59.8 Å². The van der Waals surface area contributed by atoms with Gasteiger partial charge in [-0.25, -0.2) is 29.9 Å². The number of carbonyl (C=O) groups is 2. The average molecular weight is 833 g/mol. The number of rotatable bonds is 8. The number of H-pyrrole nitrogens is 2. The third-order valence-corrected chi connectivity index (χ3v) is 9.32. The van der Waals surface area contributed by atoms with Crippen LogP contribution in [-0.2, 0) is 22.4 Å². The second-order valence-corrected chi connectivity index (χ2v) is 13.3. The van der Waals surface area contributed by atoms with Gasteiger partial charge in [-0.15, -0.1) is 12.4 Å². The molecule has 2 aliphatic heterocycles. The zero-order chi connectivity index (χ0) is 41.6. The molecule has 0 bridgehead atoms. The van der Waals surface area contributed by atoms with Crippen molar-refractivity contribution in [2.75, 3.05) is 62.2 Å². The number of aromatic nitrogens is 8. The molecule has 2 aromatic carbocycles. The minimum Gasteiger partial charge on any atom is -0.481 e. The summed E-state index contributed by atoms with van der Waals surface area (Å²) in [6.07, 6.45) is 6.98. The third-order valence-electron chi connectivity index (χ3n) is 9.32. The van der Waals surface area contributed by atoms with Crippen molar-refractivity contribution in [1.82, 2.24) is 50.1 Å². The molecule has 4 aromatic heterocycles. The van der Waals surface area contributed by atoms with Crippen LogP contribution < -0.4 is 26.2 Å². The minimum absolute atomic E-state index is 0. The number of para-hydroxylation sites is 2. The summed E-state index contributed by atoms with van der Waals surface area (Å²) in [4.78, 5) is 83.3. The van der Waals surface area contributed by atoms with Crippen LogP contribution in [0.1, 0.15) is 35.6 Å². The number of hydrogen-bond donors (Lipinski definition) is 4. The maximum absolute atomic E-state index is 12.6. The first kappa shape index (κ1) is 43.8. The molecule has 4 N–H and O–H groups in total. The van der Waals surface area contributed by atoms with Crippen LogP contribution in [-0.4, -0.2) is 114 Å². The van der Waals surface area contributed by atoms with Crippen LogP contribution in [0.5, 0.6) is 0 Å². The third kappa shape index (κ3) is 11.8. The molecule has 0 radical (unpaired) electrons. The normalized spacial score (nSPS) is 13.4. The second-order valence-electron chi connectivity index (χ2n) is 13.3. The van der Waals surface area contributed by atoms with E-state index >= 15 is 0 Å². The minimum atomic E-state index is -0.907. The number of aliphatic carboxylic acids is 1. The molecule has 8 rings (SSSR count). The summed E-state index contributed by atoms with van der Waals surface area (Å²) < 4.78 is 0. The molecule has 1 amide bonds. The van der Waals surface area contributed by atoms with E-state index < -0.39 is 5.97 Å². The predicted octanol–water partition coefficient (Wildman–Crippen LogP) is 1.99. The van der Waals surface area contributed by atoms with Crippen LogP contribution in [0.3, 0.4) is 0 Å². The molecule has 60 heavy (non-hydrogen) atoms. The number of anilines is 2. The summed E-state index contributed by atoms with van der Waals surface area (Å²) in [6, 6.07) is 18.1. The highest BCUT2D eigenvalue weighted by Crippen LogP contribution is 2.13. The summed E-state index contributed by atoms with van der Waals surface area (Å²) in [5, 5.41) is 30.3. The molecule has 0 unspecified atom stereocenters. The van der Waals surface area contributed by atoms with E-state index in [-0.39, 0.29) is 48.7 Å². The Morgan fingerprint density at radius 3 is 1.53 bits per heavy atom. The number of carboxylic acids is 1. The number of benzene rings is 2. The Hall–Kier alpha value is -7.35. The number of halogens is 1. The smallest absolute Gasteiger partial charge is 0.303 e. The zero-order valence-electron chi connectivity index (χ0n) is 32.3. The monoisotopic (exact) mass is 832 g/mol. The molecule has 6 heterocycles. The molecule has 0 spiro atoms. The fourth-order valence-electron chi connectivity index (χ4n) is 6.22. The van der Waals surface area contributed by atoms with Gasteiger partial charge in [0.05, 0.1) is 64.1 Å². The van der Waals surface area contributed by atoms with Crippen LogP contribution in [0.4, 0.5) is 11.9 Å². The molecule has 2 fully saturated rings. The van der Waals surface area contributed by atoms with E-state index in [1.807, 2.05) is 23.1 Å². The fourth-order valence-corrected chi connectivity index (χ4v) is 6.22. The van der Waals surface area contributed by atoms with Gasteiger partial charge in [-0.1, -0.05) is 24.3 Å². The highest BCUT2D eigenvalue weighted by molar-refractivity contribution is 5.85. The van der Waals surface area contributed by atoms with Gasteiger partial charge >= 0.3 is 5.97 Å². The van der Waals surface area contributed by atoms with E-state index in [9.17, 15) is 19.2 Å². The zero-order valence-corrected chi connectivity index (χ0v) is 33.1. The topological polar surface area (TPSA) is 267 Å². The Labute approximate surface area is 349 Å². The number of aromatic amines is 2. The lowest BCUT2D eigenvalue weighted by Gasteiger charge is -2.34. The molecule has 19 nitrogen and oxygen atoms in total. The number of amides is 1. The SMILES string of the molecule is Cl.N#Cc1cnc(N2CCN(C(=O)CCc3nc4ccccc4c(=O)[nH]3)CC2)nc1.N#Cc1cnc(N2CCNCC2)nc1.O=C(O)CCc1nc2ccccc2c(=O)[nH]1. The number of aryl methyl sites for hydroxylation is 2. The summed E-state index contributed by atoms with van der Waals surface area (Å²) in [5.41, 5.74) is 1.73. The van der Waals surface area contributed by atoms with Gasteiger partial charge in [-0.2, -0.15) is 10.5 Å². The Kier molecular flexibility index (Phi) is 15.6. The summed E-state index contributed by atoms with van der Waals surface area (Å²) >= 11 is 0. The standard InChI is InChI=1S/C20H19N7O2.C11H10N2O3.C9H11N5.ClH/c21-11-14-12-22-20(23-13-14)27-9-7-26(8-10-27)18(28)6-5-17-24-16-4-2-1-3-15(16)19(29)25-17;14-10(15)6-5-9-12-8-4-2-1-3-7(8)11(16)13-9;10-5-8-6-12-9(13-7-8)14-3-1-11-2-4-14;/h1-4,12-13H,5-10H2,(H,24,25,29);1-4H,5-6H2,(H,14,15)(H,12,13,16);6-7,11H,1-4H2;1H. The first-order chi connectivity index (χ1) is 28.7. The van der Waals surface area contributed by atoms with E-state index in [1.165, 1.54) is 12.4 Å². The van der Waals surface area contributed by atoms with Crippen molar-refractivity contribution in [2.45, 2.75) is 25.7 Å². The maximum Gasteiger partial charge on any atom is 0.303 e. The first-order valence-electron chi connectivity index (χ1n) is 18.8. The second kappa shape index (κ2) is 21.4. The lowest BCUT2D eigenvalue weighted by Crippen LogP contribution is -2.49. The fraction of sp³-hybridized carbons (Fsp3) is 0.300. The Bertz CT molecular complexity index is 2590. The molecule has 308 valence electrons. The van der Waals surface area contributed by atoms with E-state index in [2.05, 4.69) is 50.1 Å². The number of nitrogens with zero attached hydrogens (tertiary/aromatic N) is 11. The van der Waals surface area contributed by atoms with Gasteiger partial charge in [0.25, 0.3) is 11.1 Å². The molecule has 0 aliphatic carbocycles. The van der Waals surface area contributed by atoms with Crippen molar-refractivity contribution < 1.29 is 14.7 Å². The van der Waals surface area contributed by atoms with Crippen molar-refractivity contribution >= 4 is 58.0 Å². The predicted molar refractivity (Wildman–Crippen MR) is 224 cm³/mol. The van der Waals surface area contributed by atoms with Gasteiger partial charge in [0, 0.05) is 71.6 Å². The van der Waals surface area contributed by atoms with Crippen molar-refractivity contribution in [2.24, 2.45) is 0 Å². The molecule has 2 saturated heterocycles. The molecule has 0 saturated carbocycles. The number of nitrogens with one attached hydrogen (secondary N) is 3. The van der Waals surface area contributed by atoms with Gasteiger partial charge in [0.1, 0.15) is 23.8 Å². The molecule has 2 aliphatic rings. The quantitative estimate of drug-likeness (QED) is 0.171. The number of nitriles is 2. The van der Waals surface area contributed by atoms with Gasteiger partial charge in [0.2, 0.25) is 17.8 Å². The summed E-state index contributed by atoms with van der Waals surface area (Å²) in [6.45, 7) is 6.17. The van der Waals surface area contributed by atoms with E-state index in [0.29, 0.717) is 89.1 Å². The van der Waals surface area contributed by atoms with Gasteiger partial charge in [0.15, 0.2) is 0 Å². The summed E-state index contributed by atoms with van der Waals surface area (Å²) in [5.74, 6) is 1.33. The molecular weight excluding hydrogens is 792 g/mol. The Morgan fingerprint density at radius 1 is 0.650 bits per heavy atom. The first-order valence-corrected chi connectivity index (χ1v) is 18.8. The number of carbonyl (C=O) groups excluding carboxylic acids is 1. The Morgan fingerprint density at radius 2 is 1.08 bits per heavy atom. The highest BCUT2D eigenvalue weighted by atomic mass is 35.5. The summed E-state index contributed by atoms with van der Waals surface area (Å²) in [7, 11) is 0. The van der Waals surface area contributed by atoms with Crippen LogP contribution in [0.2, 0.25) is 0 Å². The molecular formula is C40H41ClN14O5. The van der Waals surface area contributed by atoms with Crippen LogP contribution in [0.25, 0.3) is 21.8 Å². The molecule has 20 heteroatoms. The lowest BCUT2D eigenvalue weighted by atomic mass is 10.2. The molecule has 6 aromatic rings. The number of hydrogen-bond acceptors (Lipinski definition) is 15. The average Bonchev–Trinajstić information content (AvgIpc) is 3.28. The van der Waals surface area contributed by atoms with Gasteiger partial charge < -0.3 is 35.1 Å². The number of carboxylic acid groups (broad SMARTS) is 1. The van der Waals surface area contributed by atoms with E-state index in [4.69, 9.17) is 15.6 Å². The van der Waals surface area contributed by atoms with Gasteiger partial charge in [-0.05, 0) is 24.3 Å². The molecule has 0 atom stereocenters. The largest absolute Gasteiger partial charge is 0.481 e. The Balaban J connectivity index is 0.000000186. The van der Waals surface area contributed by atoms with Crippen molar-refractivity contribution in [3.05, 3.63) is 117 Å². The van der Waals surface area contributed by atoms with Crippen LogP contribution in [0, 0.1) is 22.7 Å². The van der Waals surface area contributed by atoms with Crippen molar-refractivity contribution in [3.8, 4) is 12.1 Å². The van der Waals surface area contributed by atoms with Gasteiger partial charge in [-0.3, -0.25) is 19.2 Å². The number of fused-ring (bicyclic) bond motifs is 2. The van der Waals surface area contributed by atoms with Crippen LogP contribution in [0.15, 0.2) is 82.9 Å². The lowest BCUT2D eigenvalue weighted by molar-refractivity contribution is -0.137. The van der Waals surface area contributed by atoms with Crippen molar-refractivity contribution in [1.29, 1.82) is 10.5 Å². The van der Waals surface area contributed by atoms with E-state index in [0.717, 1.165) is 26.2 Å². The van der Waals surface area contributed by atoms with Crippen molar-refractivity contribution in [3.63, 3.8) is 0 Å².